The summed E-state index contributed by atoms with van der Waals surface area (Å²) in [5.41, 5.74) is 8.40. The van der Waals surface area contributed by atoms with E-state index in [2.05, 4.69) is 71.2 Å². The highest BCUT2D eigenvalue weighted by atomic mass is 35.5. The van der Waals surface area contributed by atoms with Crippen molar-refractivity contribution in [2.24, 2.45) is 5.73 Å². The predicted molar refractivity (Wildman–Crippen MR) is 179 cm³/mol. The molecule has 238 valence electrons. The maximum absolute atomic E-state index is 14.8. The van der Waals surface area contributed by atoms with Gasteiger partial charge in [0.05, 0.1) is 17.1 Å². The van der Waals surface area contributed by atoms with Gasteiger partial charge in [0.1, 0.15) is 16.9 Å². The molecule has 0 spiro atoms. The lowest BCUT2D eigenvalue weighted by atomic mass is 10.1. The first-order valence-corrected chi connectivity index (χ1v) is 19.1. The number of likely N-dealkylation sites (N-methyl/N-ethyl adjacent to an activating group) is 1. The number of nitrogens with two attached hydrogens (primary N) is 1. The number of carbonyl (C=O) groups excluding carboxylic acids is 1. The third-order valence-electron chi connectivity index (χ3n) is 8.28. The van der Waals surface area contributed by atoms with Crippen molar-refractivity contribution in [2.45, 2.75) is 56.4 Å². The predicted octanol–water partition coefficient (Wildman–Crippen LogP) is 6.35. The monoisotopic (exact) mass is 659 g/mol. The van der Waals surface area contributed by atoms with Crippen LogP contribution in [0.5, 0.6) is 0 Å². The second-order valence-electron chi connectivity index (χ2n) is 12.6. The van der Waals surface area contributed by atoms with Gasteiger partial charge in [-0.05, 0) is 74.5 Å². The normalized spacial score (nSPS) is 16.0. The first-order valence-electron chi connectivity index (χ1n) is 14.8. The number of aromatic nitrogens is 3. The van der Waals surface area contributed by atoms with Gasteiger partial charge < -0.3 is 20.4 Å². The largest absolute Gasteiger partial charge is 0.416 e. The van der Waals surface area contributed by atoms with E-state index in [4.69, 9.17) is 21.8 Å². The number of benzene rings is 1. The van der Waals surface area contributed by atoms with Crippen LogP contribution in [0.1, 0.15) is 38.9 Å². The standard InChI is InChI=1S/C31H43ClFN7O2SSi/c1-31(2,3)44(5,6)42-16-17-43-30-27(20-25(37-38-30)23-18-21(32)8-9-24(23)33)36-22-10-11-35-26(19-22)28(29(34)41)40-13-7-12-39(4)14-15-40/h8-11,18-20,28H,7,12-17H2,1-6H3,(H2,34,41)(H,35,36,37). The Morgan fingerprint density at radius 2 is 1.93 bits per heavy atom. The van der Waals surface area contributed by atoms with E-state index in [1.165, 1.54) is 30.0 Å². The number of nitrogens with zero attached hydrogens (tertiary/aromatic N) is 5. The number of anilines is 2. The molecule has 0 aliphatic carbocycles. The Hall–Kier alpha value is -2.61. The van der Waals surface area contributed by atoms with Gasteiger partial charge in [0.25, 0.3) is 0 Å². The number of hydrogen-bond donors (Lipinski definition) is 2. The molecule has 0 bridgehead atoms. The fourth-order valence-corrected chi connectivity index (χ4v) is 6.81. The number of hydrogen-bond acceptors (Lipinski definition) is 9. The van der Waals surface area contributed by atoms with Crippen molar-refractivity contribution in [2.75, 3.05) is 50.9 Å². The van der Waals surface area contributed by atoms with Crippen LogP contribution in [0, 0.1) is 5.82 Å². The number of thioether (sulfide) groups is 1. The molecule has 44 heavy (non-hydrogen) atoms. The van der Waals surface area contributed by atoms with Gasteiger partial charge in [0.15, 0.2) is 8.32 Å². The fourth-order valence-electron chi connectivity index (χ4n) is 4.72. The Labute approximate surface area is 270 Å². The minimum atomic E-state index is -1.90. The van der Waals surface area contributed by atoms with E-state index in [-0.39, 0.29) is 10.6 Å². The van der Waals surface area contributed by atoms with Gasteiger partial charge >= 0.3 is 0 Å². The molecular formula is C31H43ClFN7O2SSi. The lowest BCUT2D eigenvalue weighted by Gasteiger charge is -2.36. The molecular weight excluding hydrogens is 617 g/mol. The lowest BCUT2D eigenvalue weighted by molar-refractivity contribution is -0.123. The summed E-state index contributed by atoms with van der Waals surface area (Å²) in [5, 5.41) is 13.4. The van der Waals surface area contributed by atoms with Crippen molar-refractivity contribution in [3.8, 4) is 11.3 Å². The first-order chi connectivity index (χ1) is 20.7. The highest BCUT2D eigenvalue weighted by Crippen LogP contribution is 2.37. The van der Waals surface area contributed by atoms with Gasteiger partial charge in [-0.15, -0.1) is 22.0 Å². The molecule has 3 N–H and O–H groups in total. The number of amides is 1. The number of rotatable bonds is 11. The first kappa shape index (κ1) is 34.3. The van der Waals surface area contributed by atoms with Crippen molar-refractivity contribution in [1.29, 1.82) is 0 Å². The summed E-state index contributed by atoms with van der Waals surface area (Å²) in [6.45, 7) is 14.9. The van der Waals surface area contributed by atoms with Gasteiger partial charge in [-0.3, -0.25) is 14.7 Å². The number of carbonyl (C=O) groups is 1. The molecule has 3 heterocycles. The Morgan fingerprint density at radius 1 is 1.16 bits per heavy atom. The summed E-state index contributed by atoms with van der Waals surface area (Å²) in [6.07, 6.45) is 2.59. The van der Waals surface area contributed by atoms with Crippen LogP contribution in [-0.4, -0.2) is 84.8 Å². The quantitative estimate of drug-likeness (QED) is 0.138. The minimum Gasteiger partial charge on any atom is -0.416 e. The molecule has 1 aliphatic rings. The Bertz CT molecular complexity index is 1460. The molecule has 1 unspecified atom stereocenters. The summed E-state index contributed by atoms with van der Waals surface area (Å²) in [7, 11) is 0.176. The van der Waals surface area contributed by atoms with Crippen LogP contribution >= 0.6 is 23.4 Å². The molecule has 1 amide bonds. The van der Waals surface area contributed by atoms with E-state index in [0.717, 1.165) is 26.1 Å². The highest BCUT2D eigenvalue weighted by Gasteiger charge is 2.37. The van der Waals surface area contributed by atoms with E-state index in [9.17, 15) is 9.18 Å². The summed E-state index contributed by atoms with van der Waals surface area (Å²) in [5.74, 6) is -0.229. The van der Waals surface area contributed by atoms with E-state index in [0.29, 0.717) is 51.7 Å². The minimum absolute atomic E-state index is 0.109. The van der Waals surface area contributed by atoms with Crippen LogP contribution in [0.25, 0.3) is 11.3 Å². The molecule has 13 heteroatoms. The van der Waals surface area contributed by atoms with Crippen LogP contribution in [0.2, 0.25) is 23.2 Å². The lowest BCUT2D eigenvalue weighted by Crippen LogP contribution is -2.41. The number of primary amides is 1. The van der Waals surface area contributed by atoms with Crippen LogP contribution in [0.15, 0.2) is 47.6 Å². The van der Waals surface area contributed by atoms with Crippen LogP contribution < -0.4 is 11.1 Å². The zero-order valence-corrected chi connectivity index (χ0v) is 28.9. The summed E-state index contributed by atoms with van der Waals surface area (Å²) >= 11 is 7.69. The summed E-state index contributed by atoms with van der Waals surface area (Å²) in [6, 6.07) is 9.09. The molecule has 1 aliphatic heterocycles. The third-order valence-corrected chi connectivity index (χ3v) is 14.0. The van der Waals surface area contributed by atoms with Crippen molar-refractivity contribution in [3.05, 3.63) is 59.1 Å². The molecule has 1 saturated heterocycles. The van der Waals surface area contributed by atoms with Crippen LogP contribution in [0.4, 0.5) is 15.8 Å². The fraction of sp³-hybridized carbons (Fsp3) is 0.484. The molecule has 9 nitrogen and oxygen atoms in total. The third kappa shape index (κ3) is 8.76. The van der Waals surface area contributed by atoms with Crippen molar-refractivity contribution < 1.29 is 13.6 Å². The van der Waals surface area contributed by atoms with Gasteiger partial charge in [0.2, 0.25) is 5.91 Å². The number of nitrogens with one attached hydrogen (secondary N) is 1. The Morgan fingerprint density at radius 3 is 2.66 bits per heavy atom. The van der Waals surface area contributed by atoms with Gasteiger partial charge in [0, 0.05) is 54.5 Å². The Kier molecular flexibility index (Phi) is 11.4. The zero-order valence-electron chi connectivity index (χ0n) is 26.4. The second kappa shape index (κ2) is 14.7. The van der Waals surface area contributed by atoms with Crippen molar-refractivity contribution in [1.82, 2.24) is 25.0 Å². The maximum atomic E-state index is 14.8. The number of pyridine rings is 1. The summed E-state index contributed by atoms with van der Waals surface area (Å²) in [4.78, 5) is 21.6. The van der Waals surface area contributed by atoms with Crippen molar-refractivity contribution in [3.63, 3.8) is 0 Å². The average molecular weight is 660 g/mol. The Balaban J connectivity index is 1.62. The number of halogens is 2. The van der Waals surface area contributed by atoms with E-state index in [1.807, 2.05) is 12.1 Å². The van der Waals surface area contributed by atoms with Crippen LogP contribution in [-0.2, 0) is 9.22 Å². The van der Waals surface area contributed by atoms with Crippen molar-refractivity contribution >= 4 is 49.0 Å². The maximum Gasteiger partial charge on any atom is 0.241 e. The SMILES string of the molecule is CN1CCCN(C(C(N)=O)c2cc(Nc3cc(-c4cc(Cl)ccc4F)nnc3SCCO[Si](C)(C)C(C)(C)C)ccn2)CC1. The topological polar surface area (TPSA) is 110 Å². The van der Waals surface area contributed by atoms with E-state index in [1.54, 1.807) is 12.3 Å². The highest BCUT2D eigenvalue weighted by molar-refractivity contribution is 7.99. The molecule has 0 radical (unpaired) electrons. The molecule has 1 atom stereocenters. The molecule has 3 aromatic rings. The molecule has 1 fully saturated rings. The zero-order chi connectivity index (χ0) is 32.1. The molecule has 1 aromatic carbocycles. The molecule has 0 saturated carbocycles. The van der Waals surface area contributed by atoms with E-state index >= 15 is 0 Å². The van der Waals surface area contributed by atoms with Gasteiger partial charge in [-0.1, -0.05) is 32.4 Å². The molecule has 2 aromatic heterocycles. The van der Waals surface area contributed by atoms with Gasteiger partial charge in [-0.25, -0.2) is 4.39 Å². The van der Waals surface area contributed by atoms with E-state index < -0.39 is 26.1 Å². The van der Waals surface area contributed by atoms with Gasteiger partial charge in [-0.2, -0.15) is 0 Å². The second-order valence-corrected chi connectivity index (χ2v) is 19.0. The smallest absolute Gasteiger partial charge is 0.241 e. The molecule has 4 rings (SSSR count). The van der Waals surface area contributed by atoms with Crippen LogP contribution in [0.3, 0.4) is 0 Å². The average Bonchev–Trinajstić information content (AvgIpc) is 3.16. The summed E-state index contributed by atoms with van der Waals surface area (Å²) < 4.78 is 21.2.